The van der Waals surface area contributed by atoms with Gasteiger partial charge in [0, 0.05) is 30.6 Å². The van der Waals surface area contributed by atoms with Crippen LogP contribution in [0.3, 0.4) is 0 Å². The van der Waals surface area contributed by atoms with Crippen molar-refractivity contribution in [3.63, 3.8) is 0 Å². The molecule has 13 heavy (non-hydrogen) atoms. The molecule has 1 amide bonds. The molecule has 1 aliphatic heterocycles. The van der Waals surface area contributed by atoms with Crippen LogP contribution in [0.15, 0.2) is 0 Å². The number of carbonyl (C=O) groups excluding carboxylic acids is 1. The number of amides is 1. The van der Waals surface area contributed by atoms with Crippen LogP contribution in [-0.2, 0) is 4.79 Å². The molecule has 0 bridgehead atoms. The molecule has 4 nitrogen and oxygen atoms in total. The van der Waals surface area contributed by atoms with Gasteiger partial charge >= 0.3 is 0 Å². The summed E-state index contributed by atoms with van der Waals surface area (Å²) < 4.78 is 0. The van der Waals surface area contributed by atoms with Crippen LogP contribution in [0, 0.1) is 11.8 Å². The highest BCUT2D eigenvalue weighted by Gasteiger charge is 2.69. The predicted molar refractivity (Wildman–Crippen MR) is 49.8 cm³/mol. The van der Waals surface area contributed by atoms with Crippen molar-refractivity contribution in [2.24, 2.45) is 23.3 Å². The second-order valence-electron chi connectivity index (χ2n) is 4.62. The van der Waals surface area contributed by atoms with Gasteiger partial charge in [0.25, 0.3) is 0 Å². The molecule has 2 rings (SSSR count). The zero-order valence-electron chi connectivity index (χ0n) is 8.16. The van der Waals surface area contributed by atoms with Crippen molar-refractivity contribution >= 4 is 5.91 Å². The van der Waals surface area contributed by atoms with Gasteiger partial charge in [0.1, 0.15) is 0 Å². The standard InChI is InChI=1S/C9H17N3O/c1-5(2)12-3-6-7(8(10)13)9(6,11)4-12/h5-7H,3-4,11H2,1-2H3,(H2,10,13). The van der Waals surface area contributed by atoms with Crippen LogP contribution in [0.5, 0.6) is 0 Å². The van der Waals surface area contributed by atoms with E-state index in [4.69, 9.17) is 11.5 Å². The fourth-order valence-corrected chi connectivity index (χ4v) is 2.56. The number of nitrogens with two attached hydrogens (primary N) is 2. The van der Waals surface area contributed by atoms with E-state index in [2.05, 4.69) is 18.7 Å². The first kappa shape index (κ1) is 8.97. The van der Waals surface area contributed by atoms with Gasteiger partial charge in [0.15, 0.2) is 0 Å². The smallest absolute Gasteiger partial charge is 0.222 e. The first-order valence-corrected chi connectivity index (χ1v) is 4.79. The van der Waals surface area contributed by atoms with Gasteiger partial charge < -0.3 is 11.5 Å². The Hall–Kier alpha value is -0.610. The lowest BCUT2D eigenvalue weighted by Gasteiger charge is -2.24. The zero-order valence-corrected chi connectivity index (χ0v) is 8.16. The predicted octanol–water partition coefficient (Wildman–Crippen LogP) is -0.861. The number of nitrogens with zero attached hydrogens (tertiary/aromatic N) is 1. The van der Waals surface area contributed by atoms with Crippen molar-refractivity contribution in [1.82, 2.24) is 4.90 Å². The molecule has 0 spiro atoms. The molecule has 0 aromatic heterocycles. The molecular weight excluding hydrogens is 166 g/mol. The average molecular weight is 183 g/mol. The van der Waals surface area contributed by atoms with Gasteiger partial charge in [0.05, 0.1) is 5.92 Å². The summed E-state index contributed by atoms with van der Waals surface area (Å²) in [4.78, 5) is 13.3. The van der Waals surface area contributed by atoms with E-state index in [9.17, 15) is 4.79 Å². The fraction of sp³-hybridized carbons (Fsp3) is 0.889. The summed E-state index contributed by atoms with van der Waals surface area (Å²) in [5.74, 6) is 0.0193. The number of likely N-dealkylation sites (tertiary alicyclic amines) is 1. The second kappa shape index (κ2) is 2.45. The lowest BCUT2D eigenvalue weighted by atomic mass is 10.2. The molecule has 1 saturated carbocycles. The molecule has 1 heterocycles. The summed E-state index contributed by atoms with van der Waals surface area (Å²) in [5, 5.41) is 0. The normalized spacial score (nSPS) is 43.7. The Labute approximate surface area is 78.2 Å². The first-order chi connectivity index (χ1) is 5.97. The van der Waals surface area contributed by atoms with Crippen molar-refractivity contribution in [3.05, 3.63) is 0 Å². The highest BCUT2D eigenvalue weighted by Crippen LogP contribution is 2.53. The van der Waals surface area contributed by atoms with Gasteiger partial charge in [-0.25, -0.2) is 0 Å². The molecule has 0 radical (unpaired) electrons. The van der Waals surface area contributed by atoms with Crippen molar-refractivity contribution < 1.29 is 4.79 Å². The Bertz CT molecular complexity index is 253. The van der Waals surface area contributed by atoms with Crippen LogP contribution in [0.1, 0.15) is 13.8 Å². The van der Waals surface area contributed by atoms with Gasteiger partial charge in [-0.15, -0.1) is 0 Å². The maximum atomic E-state index is 11.0. The summed E-state index contributed by atoms with van der Waals surface area (Å²) in [6.45, 7) is 6.05. The SMILES string of the molecule is CC(C)N1CC2C(C(N)=O)C2(N)C1. The van der Waals surface area contributed by atoms with Crippen LogP contribution < -0.4 is 11.5 Å². The maximum Gasteiger partial charge on any atom is 0.222 e. The van der Waals surface area contributed by atoms with Gasteiger partial charge in [-0.1, -0.05) is 0 Å². The van der Waals surface area contributed by atoms with E-state index in [0.717, 1.165) is 13.1 Å². The van der Waals surface area contributed by atoms with Crippen molar-refractivity contribution in [2.45, 2.75) is 25.4 Å². The average Bonchev–Trinajstić information content (AvgIpc) is 2.40. The molecule has 1 saturated heterocycles. The molecule has 0 aromatic carbocycles. The van der Waals surface area contributed by atoms with Crippen molar-refractivity contribution in [2.75, 3.05) is 13.1 Å². The molecule has 74 valence electrons. The van der Waals surface area contributed by atoms with Gasteiger partial charge in [0.2, 0.25) is 5.91 Å². The topological polar surface area (TPSA) is 72.3 Å². The summed E-state index contributed by atoms with van der Waals surface area (Å²) in [7, 11) is 0. The Kier molecular flexibility index (Phi) is 1.69. The molecule has 0 aromatic rings. The number of hydrogen-bond donors (Lipinski definition) is 2. The first-order valence-electron chi connectivity index (χ1n) is 4.79. The van der Waals surface area contributed by atoms with E-state index in [1.807, 2.05) is 0 Å². The van der Waals surface area contributed by atoms with E-state index in [1.165, 1.54) is 0 Å². The van der Waals surface area contributed by atoms with Gasteiger partial charge in [-0.3, -0.25) is 9.69 Å². The lowest BCUT2D eigenvalue weighted by molar-refractivity contribution is -0.120. The molecular formula is C9H17N3O. The molecule has 3 atom stereocenters. The number of primary amides is 1. The van der Waals surface area contributed by atoms with Crippen molar-refractivity contribution in [1.29, 1.82) is 0 Å². The molecule has 4 heteroatoms. The number of rotatable bonds is 2. The van der Waals surface area contributed by atoms with Gasteiger partial charge in [-0.05, 0) is 13.8 Å². The van der Waals surface area contributed by atoms with E-state index in [1.54, 1.807) is 0 Å². The number of hydrogen-bond acceptors (Lipinski definition) is 3. The summed E-state index contributed by atoms with van der Waals surface area (Å²) in [5.41, 5.74) is 11.0. The third-order valence-corrected chi connectivity index (χ3v) is 3.51. The minimum Gasteiger partial charge on any atom is -0.369 e. The Morgan fingerprint density at radius 2 is 2.23 bits per heavy atom. The highest BCUT2D eigenvalue weighted by molar-refractivity contribution is 5.83. The second-order valence-corrected chi connectivity index (χ2v) is 4.62. The quantitative estimate of drug-likeness (QED) is 0.585. The number of fused-ring (bicyclic) bond motifs is 1. The zero-order chi connectivity index (χ0) is 9.80. The van der Waals surface area contributed by atoms with E-state index < -0.39 is 0 Å². The monoisotopic (exact) mass is 183 g/mol. The van der Waals surface area contributed by atoms with Crippen molar-refractivity contribution in [3.8, 4) is 0 Å². The minimum absolute atomic E-state index is 0.0671. The largest absolute Gasteiger partial charge is 0.369 e. The molecule has 2 fully saturated rings. The Morgan fingerprint density at radius 1 is 1.62 bits per heavy atom. The molecule has 2 aliphatic rings. The molecule has 4 N–H and O–H groups in total. The van der Waals surface area contributed by atoms with Crippen LogP contribution in [0.25, 0.3) is 0 Å². The van der Waals surface area contributed by atoms with Gasteiger partial charge in [-0.2, -0.15) is 0 Å². The number of carbonyl (C=O) groups is 1. The Balaban J connectivity index is 2.03. The van der Waals surface area contributed by atoms with E-state index >= 15 is 0 Å². The van der Waals surface area contributed by atoms with Crippen LogP contribution in [0.2, 0.25) is 0 Å². The van der Waals surface area contributed by atoms with Crippen LogP contribution >= 0.6 is 0 Å². The number of piperidine rings is 1. The van der Waals surface area contributed by atoms with E-state index in [0.29, 0.717) is 12.0 Å². The van der Waals surface area contributed by atoms with Crippen LogP contribution in [-0.4, -0.2) is 35.5 Å². The summed E-state index contributed by atoms with van der Waals surface area (Å²) in [6.07, 6.45) is 0. The highest BCUT2D eigenvalue weighted by atomic mass is 16.1. The van der Waals surface area contributed by atoms with Crippen LogP contribution in [0.4, 0.5) is 0 Å². The molecule has 3 unspecified atom stereocenters. The third-order valence-electron chi connectivity index (χ3n) is 3.51. The third kappa shape index (κ3) is 1.09. The van der Waals surface area contributed by atoms with E-state index in [-0.39, 0.29) is 17.4 Å². The fourth-order valence-electron chi connectivity index (χ4n) is 2.56. The lowest BCUT2D eigenvalue weighted by Crippen LogP contribution is -2.42. The summed E-state index contributed by atoms with van der Waals surface area (Å²) >= 11 is 0. The Morgan fingerprint density at radius 3 is 2.54 bits per heavy atom. The minimum atomic E-state index is -0.296. The maximum absolute atomic E-state index is 11.0. The summed E-state index contributed by atoms with van der Waals surface area (Å²) in [6, 6.07) is 0.516. The molecule has 1 aliphatic carbocycles.